The van der Waals surface area contributed by atoms with E-state index in [2.05, 4.69) is 43.1 Å². The standard InChI is InChI=1S/C24H17N5OS/c1-30-16-4-2-3-14(11-16)18-5-6-20-23(27-18)24(29-28-20)21-12-17-19(26-21)7-9-25-22(17)15-8-10-31-13-15/h2-13,26H,1H3,(H,28,29). The Morgan fingerprint density at radius 2 is 1.90 bits per heavy atom. The topological polar surface area (TPSA) is 79.5 Å². The van der Waals surface area contributed by atoms with E-state index in [-0.39, 0.29) is 0 Å². The molecule has 31 heavy (non-hydrogen) atoms. The van der Waals surface area contributed by atoms with E-state index < -0.39 is 0 Å². The average molecular weight is 424 g/mol. The van der Waals surface area contributed by atoms with Crippen LogP contribution in [0.2, 0.25) is 0 Å². The van der Waals surface area contributed by atoms with E-state index in [1.165, 1.54) is 0 Å². The maximum atomic E-state index is 5.36. The Morgan fingerprint density at radius 1 is 0.935 bits per heavy atom. The molecule has 0 aliphatic rings. The number of hydrogen-bond acceptors (Lipinski definition) is 5. The molecule has 6 nitrogen and oxygen atoms in total. The Balaban J connectivity index is 1.50. The predicted molar refractivity (Wildman–Crippen MR) is 124 cm³/mol. The highest BCUT2D eigenvalue weighted by atomic mass is 32.1. The molecule has 0 amide bonds. The SMILES string of the molecule is COc1cccc(-c2ccc3[nH]nc(-c4cc5c(-c6ccsc6)nccc5[nH]4)c3n2)c1. The number of aromatic nitrogens is 5. The molecule has 5 aromatic heterocycles. The van der Waals surface area contributed by atoms with Crippen molar-refractivity contribution in [2.75, 3.05) is 7.11 Å². The van der Waals surface area contributed by atoms with Crippen LogP contribution in [-0.4, -0.2) is 32.3 Å². The number of aromatic amines is 2. The maximum Gasteiger partial charge on any atom is 0.135 e. The molecule has 0 fully saturated rings. The summed E-state index contributed by atoms with van der Waals surface area (Å²) in [7, 11) is 1.67. The number of rotatable bonds is 4. The predicted octanol–water partition coefficient (Wildman–Crippen LogP) is 5.91. The Labute approximate surface area is 181 Å². The first kappa shape index (κ1) is 17.9. The van der Waals surface area contributed by atoms with Crippen molar-refractivity contribution < 1.29 is 4.74 Å². The van der Waals surface area contributed by atoms with Crippen LogP contribution in [0.15, 0.2) is 71.6 Å². The zero-order valence-electron chi connectivity index (χ0n) is 16.6. The summed E-state index contributed by atoms with van der Waals surface area (Å²) in [5, 5.41) is 12.9. The van der Waals surface area contributed by atoms with Crippen molar-refractivity contribution in [1.82, 2.24) is 25.1 Å². The molecular formula is C24H17N5OS. The van der Waals surface area contributed by atoms with Crippen molar-refractivity contribution in [1.29, 1.82) is 0 Å². The van der Waals surface area contributed by atoms with Gasteiger partial charge in [-0.05, 0) is 47.8 Å². The summed E-state index contributed by atoms with van der Waals surface area (Å²) in [5.74, 6) is 0.802. The van der Waals surface area contributed by atoms with Gasteiger partial charge in [0.25, 0.3) is 0 Å². The Morgan fingerprint density at radius 3 is 2.77 bits per heavy atom. The second kappa shape index (κ2) is 7.07. The van der Waals surface area contributed by atoms with Crippen molar-refractivity contribution in [3.8, 4) is 39.7 Å². The fraction of sp³-hybridized carbons (Fsp3) is 0.0417. The van der Waals surface area contributed by atoms with Crippen LogP contribution in [0.25, 0.3) is 55.8 Å². The molecular weight excluding hydrogens is 406 g/mol. The minimum atomic E-state index is 0.784. The van der Waals surface area contributed by atoms with E-state index in [1.54, 1.807) is 18.4 Å². The van der Waals surface area contributed by atoms with E-state index >= 15 is 0 Å². The van der Waals surface area contributed by atoms with Gasteiger partial charge in [0, 0.05) is 33.6 Å². The Hall–Kier alpha value is -3.97. The number of nitrogens with zero attached hydrogens (tertiary/aromatic N) is 3. The van der Waals surface area contributed by atoms with Crippen molar-refractivity contribution in [3.05, 3.63) is 71.6 Å². The van der Waals surface area contributed by atoms with Crippen LogP contribution in [-0.2, 0) is 0 Å². The first-order chi connectivity index (χ1) is 15.3. The number of nitrogens with one attached hydrogen (secondary N) is 2. The molecule has 1 aromatic carbocycles. The highest BCUT2D eigenvalue weighted by Crippen LogP contribution is 2.34. The summed E-state index contributed by atoms with van der Waals surface area (Å²) in [6.07, 6.45) is 1.83. The fourth-order valence-corrected chi connectivity index (χ4v) is 4.48. The van der Waals surface area contributed by atoms with Crippen LogP contribution in [0.1, 0.15) is 0 Å². The molecule has 5 heterocycles. The lowest BCUT2D eigenvalue weighted by Gasteiger charge is -2.04. The van der Waals surface area contributed by atoms with E-state index in [0.29, 0.717) is 0 Å². The number of thiophene rings is 1. The monoisotopic (exact) mass is 423 g/mol. The summed E-state index contributed by atoms with van der Waals surface area (Å²) in [4.78, 5) is 13.0. The smallest absolute Gasteiger partial charge is 0.135 e. The lowest BCUT2D eigenvalue weighted by Crippen LogP contribution is -1.87. The van der Waals surface area contributed by atoms with Crippen molar-refractivity contribution in [2.24, 2.45) is 0 Å². The Bertz CT molecular complexity index is 1530. The third-order valence-corrected chi connectivity index (χ3v) is 6.05. The van der Waals surface area contributed by atoms with Gasteiger partial charge >= 0.3 is 0 Å². The molecule has 0 aliphatic heterocycles. The minimum absolute atomic E-state index is 0.784. The average Bonchev–Trinajstić information content (AvgIpc) is 3.57. The van der Waals surface area contributed by atoms with Crippen LogP contribution in [0.5, 0.6) is 5.75 Å². The number of ether oxygens (including phenoxy) is 1. The van der Waals surface area contributed by atoms with Gasteiger partial charge in [-0.15, -0.1) is 0 Å². The Kier molecular flexibility index (Phi) is 4.07. The lowest BCUT2D eigenvalue weighted by molar-refractivity contribution is 0.415. The third kappa shape index (κ3) is 2.98. The molecule has 0 spiro atoms. The summed E-state index contributed by atoms with van der Waals surface area (Å²) in [6.45, 7) is 0. The molecule has 6 aromatic rings. The van der Waals surface area contributed by atoms with Crippen LogP contribution < -0.4 is 4.74 Å². The van der Waals surface area contributed by atoms with E-state index in [1.807, 2.05) is 48.7 Å². The number of H-pyrrole nitrogens is 2. The van der Waals surface area contributed by atoms with Gasteiger partial charge in [0.1, 0.15) is 17.0 Å². The zero-order chi connectivity index (χ0) is 20.8. The summed E-state index contributed by atoms with van der Waals surface area (Å²) < 4.78 is 5.36. The van der Waals surface area contributed by atoms with Crippen LogP contribution >= 0.6 is 11.3 Å². The van der Waals surface area contributed by atoms with Gasteiger partial charge in [-0.2, -0.15) is 16.4 Å². The van der Waals surface area contributed by atoms with Crippen molar-refractivity contribution in [3.63, 3.8) is 0 Å². The van der Waals surface area contributed by atoms with Gasteiger partial charge in [-0.25, -0.2) is 4.98 Å². The first-order valence-corrected chi connectivity index (χ1v) is 10.7. The molecule has 0 radical (unpaired) electrons. The van der Waals surface area contributed by atoms with Gasteiger partial charge in [0.05, 0.1) is 29.7 Å². The maximum absolute atomic E-state index is 5.36. The quantitative estimate of drug-likeness (QED) is 0.370. The normalized spacial score (nSPS) is 11.4. The highest BCUT2D eigenvalue weighted by molar-refractivity contribution is 7.08. The second-order valence-electron chi connectivity index (χ2n) is 7.21. The molecule has 150 valence electrons. The minimum Gasteiger partial charge on any atom is -0.497 e. The van der Waals surface area contributed by atoms with Gasteiger partial charge in [0.2, 0.25) is 0 Å². The lowest BCUT2D eigenvalue weighted by atomic mass is 10.1. The number of pyridine rings is 2. The molecule has 7 heteroatoms. The van der Waals surface area contributed by atoms with Crippen molar-refractivity contribution >= 4 is 33.3 Å². The van der Waals surface area contributed by atoms with Gasteiger partial charge in [0.15, 0.2) is 0 Å². The van der Waals surface area contributed by atoms with Gasteiger partial charge in [-0.3, -0.25) is 10.1 Å². The molecule has 0 atom stereocenters. The molecule has 0 bridgehead atoms. The van der Waals surface area contributed by atoms with Crippen LogP contribution in [0, 0.1) is 0 Å². The van der Waals surface area contributed by atoms with E-state index in [4.69, 9.17) is 9.72 Å². The second-order valence-corrected chi connectivity index (χ2v) is 7.99. The molecule has 0 saturated heterocycles. The van der Waals surface area contributed by atoms with E-state index in [0.717, 1.165) is 61.6 Å². The zero-order valence-corrected chi connectivity index (χ0v) is 17.4. The van der Waals surface area contributed by atoms with Gasteiger partial charge < -0.3 is 9.72 Å². The molecule has 0 aliphatic carbocycles. The first-order valence-electron chi connectivity index (χ1n) is 9.80. The molecule has 0 saturated carbocycles. The highest BCUT2D eigenvalue weighted by Gasteiger charge is 2.16. The summed E-state index contributed by atoms with van der Waals surface area (Å²) in [6, 6.07) is 18.1. The summed E-state index contributed by atoms with van der Waals surface area (Å²) >= 11 is 1.67. The number of benzene rings is 1. The number of hydrogen-bond donors (Lipinski definition) is 2. The number of fused-ring (bicyclic) bond motifs is 2. The van der Waals surface area contributed by atoms with Gasteiger partial charge in [-0.1, -0.05) is 12.1 Å². The van der Waals surface area contributed by atoms with Crippen molar-refractivity contribution in [2.45, 2.75) is 0 Å². The largest absolute Gasteiger partial charge is 0.497 e. The summed E-state index contributed by atoms with van der Waals surface area (Å²) in [5.41, 5.74) is 8.35. The molecule has 2 N–H and O–H groups in total. The fourth-order valence-electron chi connectivity index (χ4n) is 3.84. The molecule has 0 unspecified atom stereocenters. The number of methoxy groups -OCH3 is 1. The van der Waals surface area contributed by atoms with Crippen LogP contribution in [0.3, 0.4) is 0 Å². The third-order valence-electron chi connectivity index (χ3n) is 5.37. The van der Waals surface area contributed by atoms with Crippen LogP contribution in [0.4, 0.5) is 0 Å². The molecule has 6 rings (SSSR count). The van der Waals surface area contributed by atoms with E-state index in [9.17, 15) is 0 Å².